The zero-order valence-electron chi connectivity index (χ0n) is 18.0. The Morgan fingerprint density at radius 3 is 2.28 bits per heavy atom. The van der Waals surface area contributed by atoms with Crippen molar-refractivity contribution in [3.63, 3.8) is 0 Å². The maximum atomic E-state index is 12.7. The highest BCUT2D eigenvalue weighted by atomic mass is 16.6. The Hall–Kier alpha value is -2.61. The van der Waals surface area contributed by atoms with Gasteiger partial charge in [0.15, 0.2) is 0 Å². The van der Waals surface area contributed by atoms with Gasteiger partial charge in [-0.05, 0) is 32.8 Å². The Kier molecular flexibility index (Phi) is 8.63. The number of alkyl carbamates (subject to hydrolysis) is 1. The van der Waals surface area contributed by atoms with E-state index in [1.165, 1.54) is 4.90 Å². The van der Waals surface area contributed by atoms with Crippen LogP contribution in [0.3, 0.4) is 0 Å². The number of rotatable bonds is 8. The number of benzene rings is 1. The van der Waals surface area contributed by atoms with Crippen molar-refractivity contribution in [3.05, 3.63) is 35.9 Å². The molecule has 0 fully saturated rings. The summed E-state index contributed by atoms with van der Waals surface area (Å²) < 4.78 is 9.70. The predicted molar refractivity (Wildman–Crippen MR) is 108 cm³/mol. The number of likely N-dealkylation sites (N-methyl/N-ethyl adjacent to an activating group) is 1. The number of aliphatic hydroxyl groups is 1. The fourth-order valence-corrected chi connectivity index (χ4v) is 2.79. The van der Waals surface area contributed by atoms with Gasteiger partial charge in [-0.25, -0.2) is 9.59 Å². The zero-order valence-corrected chi connectivity index (χ0v) is 18.0. The zero-order chi connectivity index (χ0) is 22.2. The predicted octanol–water partition coefficient (Wildman–Crippen LogP) is 2.10. The lowest BCUT2D eigenvalue weighted by molar-refractivity contribution is -0.169. The minimum absolute atomic E-state index is 0.269. The van der Waals surface area contributed by atoms with Crippen molar-refractivity contribution in [1.82, 2.24) is 10.2 Å². The average molecular weight is 408 g/mol. The molecule has 0 aliphatic heterocycles. The normalized spacial score (nSPS) is 14.3. The summed E-state index contributed by atoms with van der Waals surface area (Å²) in [7, 11) is 2.74. The van der Waals surface area contributed by atoms with E-state index in [0.717, 1.165) is 12.7 Å². The Morgan fingerprint density at radius 2 is 1.76 bits per heavy atom. The molecule has 29 heavy (non-hydrogen) atoms. The summed E-state index contributed by atoms with van der Waals surface area (Å²) in [6.07, 6.45) is -0.664. The third-order valence-electron chi connectivity index (χ3n) is 4.21. The fourth-order valence-electron chi connectivity index (χ4n) is 2.79. The monoisotopic (exact) mass is 408 g/mol. The first kappa shape index (κ1) is 24.4. The second-order valence-corrected chi connectivity index (χ2v) is 8.08. The number of nitrogens with zero attached hydrogens (tertiary/aromatic N) is 1. The van der Waals surface area contributed by atoms with Gasteiger partial charge in [-0.3, -0.25) is 10.1 Å². The first-order chi connectivity index (χ1) is 13.4. The molecule has 0 aliphatic carbocycles. The van der Waals surface area contributed by atoms with Gasteiger partial charge in [0.05, 0.1) is 7.11 Å². The van der Waals surface area contributed by atoms with Crippen LogP contribution in [0.1, 0.15) is 39.7 Å². The summed E-state index contributed by atoms with van der Waals surface area (Å²) in [5.41, 5.74) is -2.11. The van der Waals surface area contributed by atoms with E-state index in [-0.39, 0.29) is 12.3 Å². The molecule has 0 saturated heterocycles. The third kappa shape index (κ3) is 8.11. The Labute approximate surface area is 172 Å². The van der Waals surface area contributed by atoms with Crippen molar-refractivity contribution in [1.29, 1.82) is 0 Å². The second kappa shape index (κ2) is 10.2. The number of nitrogens with one attached hydrogen (secondary N) is 1. The number of hydrogen-bond acceptors (Lipinski definition) is 6. The van der Waals surface area contributed by atoms with Crippen molar-refractivity contribution in [2.24, 2.45) is 5.92 Å². The molecule has 0 radical (unpaired) electrons. The molecule has 0 heterocycles. The fraction of sp³-hybridized carbons (Fsp3) is 0.571. The Morgan fingerprint density at radius 1 is 1.17 bits per heavy atom. The number of ether oxygens (including phenoxy) is 2. The van der Waals surface area contributed by atoms with Crippen LogP contribution in [0.2, 0.25) is 0 Å². The summed E-state index contributed by atoms with van der Waals surface area (Å²) >= 11 is 0. The third-order valence-corrected chi connectivity index (χ3v) is 4.21. The van der Waals surface area contributed by atoms with Crippen LogP contribution in [-0.4, -0.2) is 60.0 Å². The molecule has 1 aromatic carbocycles. The standard InChI is InChI=1S/C21H32N2O6/c1-15(17(24)23(5)13-12-16-10-8-7-9-11-16)14-21(27,18(25)28-6)22-19(26)29-20(2,3)4/h7-11,15,27H,12-14H2,1-6H3,(H,22,26). The number of hydrogen-bond donors (Lipinski definition) is 2. The minimum atomic E-state index is -2.38. The lowest BCUT2D eigenvalue weighted by Crippen LogP contribution is -2.57. The topological polar surface area (TPSA) is 105 Å². The first-order valence-corrected chi connectivity index (χ1v) is 9.49. The van der Waals surface area contributed by atoms with E-state index < -0.39 is 29.3 Å². The lowest BCUT2D eigenvalue weighted by atomic mass is 9.97. The van der Waals surface area contributed by atoms with Crippen molar-refractivity contribution in [2.45, 2.75) is 51.9 Å². The van der Waals surface area contributed by atoms with Crippen LogP contribution in [0, 0.1) is 5.92 Å². The largest absolute Gasteiger partial charge is 0.465 e. The molecular weight excluding hydrogens is 376 g/mol. The lowest BCUT2D eigenvalue weighted by Gasteiger charge is -2.31. The maximum absolute atomic E-state index is 12.7. The van der Waals surface area contributed by atoms with E-state index in [4.69, 9.17) is 4.74 Å². The molecule has 162 valence electrons. The summed E-state index contributed by atoms with van der Waals surface area (Å²) in [6, 6.07) is 9.73. The van der Waals surface area contributed by atoms with Crippen molar-refractivity contribution in [2.75, 3.05) is 20.7 Å². The summed E-state index contributed by atoms with van der Waals surface area (Å²) in [5.74, 6) is -2.10. The average Bonchev–Trinajstić information content (AvgIpc) is 2.63. The molecule has 2 amide bonds. The van der Waals surface area contributed by atoms with Gasteiger partial charge in [-0.2, -0.15) is 0 Å². The van der Waals surface area contributed by atoms with E-state index in [1.807, 2.05) is 30.3 Å². The highest BCUT2D eigenvalue weighted by molar-refractivity contribution is 5.85. The number of carbonyl (C=O) groups is 3. The quantitative estimate of drug-likeness (QED) is 0.504. The molecule has 0 saturated carbocycles. The van der Waals surface area contributed by atoms with Gasteiger partial charge in [-0.1, -0.05) is 37.3 Å². The highest BCUT2D eigenvalue weighted by Gasteiger charge is 2.43. The van der Waals surface area contributed by atoms with Crippen molar-refractivity contribution < 1.29 is 29.0 Å². The van der Waals surface area contributed by atoms with Crippen LogP contribution in [0.4, 0.5) is 4.79 Å². The number of esters is 1. The SMILES string of the molecule is COC(=O)C(O)(CC(C)C(=O)N(C)CCc1ccccc1)NC(=O)OC(C)(C)C. The first-order valence-electron chi connectivity index (χ1n) is 9.49. The molecule has 2 N–H and O–H groups in total. The van der Waals surface area contributed by atoms with Crippen LogP contribution >= 0.6 is 0 Å². The molecule has 0 bridgehead atoms. The summed E-state index contributed by atoms with van der Waals surface area (Å²) in [4.78, 5) is 38.4. The number of methoxy groups -OCH3 is 1. The van der Waals surface area contributed by atoms with E-state index >= 15 is 0 Å². The van der Waals surface area contributed by atoms with Crippen LogP contribution < -0.4 is 5.32 Å². The van der Waals surface area contributed by atoms with E-state index in [2.05, 4.69) is 10.1 Å². The Balaban J connectivity index is 2.77. The molecule has 0 aromatic heterocycles. The molecule has 2 unspecified atom stereocenters. The molecule has 0 aliphatic rings. The van der Waals surface area contributed by atoms with Crippen molar-refractivity contribution in [3.8, 4) is 0 Å². The van der Waals surface area contributed by atoms with E-state index in [0.29, 0.717) is 13.0 Å². The minimum Gasteiger partial charge on any atom is -0.465 e. The number of amides is 2. The van der Waals surface area contributed by atoms with E-state index in [9.17, 15) is 19.5 Å². The van der Waals surface area contributed by atoms with Gasteiger partial charge < -0.3 is 19.5 Å². The van der Waals surface area contributed by atoms with E-state index in [1.54, 1.807) is 34.7 Å². The van der Waals surface area contributed by atoms with Gasteiger partial charge in [0, 0.05) is 25.9 Å². The van der Waals surface area contributed by atoms with Gasteiger partial charge in [0.2, 0.25) is 11.6 Å². The molecule has 2 atom stereocenters. The Bertz CT molecular complexity index is 701. The number of carbonyl (C=O) groups excluding carboxylic acids is 3. The van der Waals surface area contributed by atoms with Gasteiger partial charge in [0.1, 0.15) is 5.60 Å². The second-order valence-electron chi connectivity index (χ2n) is 8.08. The molecule has 8 heteroatoms. The summed E-state index contributed by atoms with van der Waals surface area (Å²) in [6.45, 7) is 7.00. The molecular formula is C21H32N2O6. The molecule has 1 rings (SSSR count). The van der Waals surface area contributed by atoms with Crippen LogP contribution in [0.15, 0.2) is 30.3 Å². The van der Waals surface area contributed by atoms with Crippen LogP contribution in [0.25, 0.3) is 0 Å². The van der Waals surface area contributed by atoms with Gasteiger partial charge >= 0.3 is 12.1 Å². The molecule has 0 spiro atoms. The van der Waals surface area contributed by atoms with Gasteiger partial charge in [0.25, 0.3) is 0 Å². The van der Waals surface area contributed by atoms with Crippen LogP contribution in [-0.2, 0) is 25.5 Å². The van der Waals surface area contributed by atoms with Crippen LogP contribution in [0.5, 0.6) is 0 Å². The highest BCUT2D eigenvalue weighted by Crippen LogP contribution is 2.20. The molecule has 1 aromatic rings. The smallest absolute Gasteiger partial charge is 0.410 e. The molecule has 8 nitrogen and oxygen atoms in total. The maximum Gasteiger partial charge on any atom is 0.410 e. The van der Waals surface area contributed by atoms with Crippen molar-refractivity contribution >= 4 is 18.0 Å². The van der Waals surface area contributed by atoms with Gasteiger partial charge in [-0.15, -0.1) is 0 Å². The summed E-state index contributed by atoms with van der Waals surface area (Å²) in [5, 5.41) is 12.8.